The highest BCUT2D eigenvalue weighted by atomic mass is 19.1. The highest BCUT2D eigenvalue weighted by Gasteiger charge is 2.22. The average molecular weight is 403 g/mol. The van der Waals surface area contributed by atoms with Crippen molar-refractivity contribution in [2.24, 2.45) is 0 Å². The number of allylic oxidation sites excluding steroid dienone is 2. The molecule has 1 aromatic carbocycles. The highest BCUT2D eigenvalue weighted by Crippen LogP contribution is 2.31. The second-order valence-electron chi connectivity index (χ2n) is 7.29. The Kier molecular flexibility index (Phi) is 3.73. The van der Waals surface area contributed by atoms with Crippen LogP contribution in [0.3, 0.4) is 0 Å². The molecule has 3 aromatic rings. The predicted molar refractivity (Wildman–Crippen MR) is 109 cm³/mol. The van der Waals surface area contributed by atoms with Gasteiger partial charge in [-0.3, -0.25) is 4.40 Å². The Bertz CT molecular complexity index is 1250. The molecule has 1 unspecified atom stereocenters. The SMILES string of the molecule is Fc1ccc2c(c1CNc1ncc(C3=CN4C=CNC4C=C3)c3nncn13)CCO2. The van der Waals surface area contributed by atoms with Crippen LogP contribution in [0.1, 0.15) is 16.7 Å². The van der Waals surface area contributed by atoms with E-state index in [1.165, 1.54) is 6.07 Å². The van der Waals surface area contributed by atoms with Crippen LogP contribution in [-0.2, 0) is 13.0 Å². The number of benzene rings is 1. The van der Waals surface area contributed by atoms with Crippen LogP contribution in [-0.4, -0.2) is 37.3 Å². The van der Waals surface area contributed by atoms with Crippen LogP contribution in [0.5, 0.6) is 5.75 Å². The molecule has 0 amide bonds. The minimum Gasteiger partial charge on any atom is -0.493 e. The Balaban J connectivity index is 1.32. The molecule has 0 spiro atoms. The van der Waals surface area contributed by atoms with Crippen molar-refractivity contribution < 1.29 is 9.13 Å². The number of hydrogen-bond donors (Lipinski definition) is 2. The zero-order valence-electron chi connectivity index (χ0n) is 15.9. The summed E-state index contributed by atoms with van der Waals surface area (Å²) in [7, 11) is 0. The molecular formula is C21H18FN7O. The van der Waals surface area contributed by atoms with Crippen LogP contribution in [0.25, 0.3) is 11.2 Å². The Hall–Kier alpha value is -3.88. The number of hydrogen-bond acceptors (Lipinski definition) is 7. The molecule has 8 nitrogen and oxygen atoms in total. The summed E-state index contributed by atoms with van der Waals surface area (Å²) in [4.78, 5) is 6.65. The van der Waals surface area contributed by atoms with Crippen molar-refractivity contribution in [3.05, 3.63) is 77.9 Å². The molecule has 30 heavy (non-hydrogen) atoms. The number of rotatable bonds is 4. The molecule has 0 saturated heterocycles. The largest absolute Gasteiger partial charge is 0.493 e. The second-order valence-corrected chi connectivity index (χ2v) is 7.29. The van der Waals surface area contributed by atoms with Crippen LogP contribution in [0, 0.1) is 5.82 Å². The van der Waals surface area contributed by atoms with Gasteiger partial charge in [-0.1, -0.05) is 6.08 Å². The van der Waals surface area contributed by atoms with E-state index in [0.29, 0.717) is 36.7 Å². The minimum absolute atomic E-state index is 0.142. The number of anilines is 1. The van der Waals surface area contributed by atoms with Gasteiger partial charge in [0.1, 0.15) is 24.1 Å². The first-order valence-electron chi connectivity index (χ1n) is 9.74. The van der Waals surface area contributed by atoms with E-state index < -0.39 is 0 Å². The molecular weight excluding hydrogens is 385 g/mol. The maximum atomic E-state index is 14.4. The van der Waals surface area contributed by atoms with Crippen molar-refractivity contribution in [2.75, 3.05) is 11.9 Å². The van der Waals surface area contributed by atoms with E-state index in [4.69, 9.17) is 4.74 Å². The highest BCUT2D eigenvalue weighted by molar-refractivity contribution is 5.82. The standard InChI is InChI=1S/C21H18FN7O/c22-17-2-3-18-14(5-8-30-18)16(17)10-25-21-24-9-15(20-27-26-12-29(20)21)13-1-4-19-23-6-7-28(19)11-13/h1-4,6-7,9,11-12,19,23H,5,8,10H2,(H,24,25). The Morgan fingerprint density at radius 2 is 2.30 bits per heavy atom. The first-order chi connectivity index (χ1) is 14.8. The minimum atomic E-state index is -0.247. The van der Waals surface area contributed by atoms with E-state index in [-0.39, 0.29) is 12.0 Å². The molecule has 0 saturated carbocycles. The molecule has 3 aliphatic rings. The third kappa shape index (κ3) is 2.62. The number of nitrogens with one attached hydrogen (secondary N) is 2. The summed E-state index contributed by atoms with van der Waals surface area (Å²) < 4.78 is 21.8. The smallest absolute Gasteiger partial charge is 0.210 e. The monoisotopic (exact) mass is 403 g/mol. The molecule has 0 radical (unpaired) electrons. The van der Waals surface area contributed by atoms with Crippen LogP contribution < -0.4 is 15.4 Å². The lowest BCUT2D eigenvalue weighted by molar-refractivity contribution is 0.356. The summed E-state index contributed by atoms with van der Waals surface area (Å²) in [6.07, 6.45) is 14.3. The van der Waals surface area contributed by atoms with Gasteiger partial charge >= 0.3 is 0 Å². The molecule has 3 aliphatic heterocycles. The number of aromatic nitrogens is 4. The first-order valence-corrected chi connectivity index (χ1v) is 9.74. The molecule has 6 rings (SSSR count). The van der Waals surface area contributed by atoms with Crippen molar-refractivity contribution in [2.45, 2.75) is 19.1 Å². The van der Waals surface area contributed by atoms with Gasteiger partial charge in [0.05, 0.1) is 6.61 Å². The normalized spacial score (nSPS) is 18.8. The van der Waals surface area contributed by atoms with E-state index in [9.17, 15) is 4.39 Å². The van der Waals surface area contributed by atoms with Gasteiger partial charge in [0.2, 0.25) is 5.95 Å². The molecule has 2 aromatic heterocycles. The van der Waals surface area contributed by atoms with Crippen molar-refractivity contribution in [3.8, 4) is 5.75 Å². The summed E-state index contributed by atoms with van der Waals surface area (Å²) in [6.45, 7) is 0.881. The van der Waals surface area contributed by atoms with Crippen LogP contribution >= 0.6 is 0 Å². The van der Waals surface area contributed by atoms with Gasteiger partial charge in [-0.25, -0.2) is 9.37 Å². The molecule has 0 bridgehead atoms. The van der Waals surface area contributed by atoms with Gasteiger partial charge in [-0.15, -0.1) is 10.2 Å². The van der Waals surface area contributed by atoms with Crippen molar-refractivity contribution in [1.29, 1.82) is 0 Å². The molecule has 0 fully saturated rings. The Morgan fingerprint density at radius 3 is 3.27 bits per heavy atom. The van der Waals surface area contributed by atoms with Crippen molar-refractivity contribution >= 4 is 17.2 Å². The summed E-state index contributed by atoms with van der Waals surface area (Å²) >= 11 is 0. The van der Waals surface area contributed by atoms with Crippen molar-refractivity contribution in [3.63, 3.8) is 0 Å². The van der Waals surface area contributed by atoms with Gasteiger partial charge in [0, 0.05) is 60.0 Å². The molecule has 150 valence electrons. The number of ether oxygens (including phenoxy) is 1. The lowest BCUT2D eigenvalue weighted by atomic mass is 10.0. The molecule has 1 atom stereocenters. The zero-order valence-corrected chi connectivity index (χ0v) is 15.9. The molecule has 9 heteroatoms. The predicted octanol–water partition coefficient (Wildman–Crippen LogP) is 2.42. The number of nitrogens with zero attached hydrogens (tertiary/aromatic N) is 5. The molecule has 0 aliphatic carbocycles. The topological polar surface area (TPSA) is 79.6 Å². The maximum absolute atomic E-state index is 14.4. The summed E-state index contributed by atoms with van der Waals surface area (Å²) in [5.41, 5.74) is 4.06. The van der Waals surface area contributed by atoms with Crippen LogP contribution in [0.2, 0.25) is 0 Å². The zero-order chi connectivity index (χ0) is 20.1. The third-order valence-corrected chi connectivity index (χ3v) is 5.59. The Labute approximate surface area is 171 Å². The van der Waals surface area contributed by atoms with Gasteiger partial charge in [0.15, 0.2) is 5.65 Å². The Morgan fingerprint density at radius 1 is 1.33 bits per heavy atom. The first kappa shape index (κ1) is 17.0. The fourth-order valence-corrected chi connectivity index (χ4v) is 4.07. The quantitative estimate of drug-likeness (QED) is 0.693. The summed E-state index contributed by atoms with van der Waals surface area (Å²) in [5.74, 6) is 1.06. The van der Waals surface area contributed by atoms with E-state index in [1.54, 1.807) is 23.0 Å². The fraction of sp³-hybridized carbons (Fsp3) is 0.190. The fourth-order valence-electron chi connectivity index (χ4n) is 4.07. The van der Waals surface area contributed by atoms with E-state index in [1.807, 2.05) is 24.7 Å². The second kappa shape index (κ2) is 6.58. The van der Waals surface area contributed by atoms with Gasteiger partial charge in [0.25, 0.3) is 0 Å². The lowest BCUT2D eigenvalue weighted by Gasteiger charge is -2.24. The van der Waals surface area contributed by atoms with Gasteiger partial charge in [-0.2, -0.15) is 0 Å². The van der Waals surface area contributed by atoms with E-state index >= 15 is 0 Å². The van der Waals surface area contributed by atoms with Gasteiger partial charge in [-0.05, 0) is 18.2 Å². The maximum Gasteiger partial charge on any atom is 0.210 e. The van der Waals surface area contributed by atoms with Crippen LogP contribution in [0.15, 0.2) is 55.4 Å². The molecule has 5 heterocycles. The van der Waals surface area contributed by atoms with Crippen LogP contribution in [0.4, 0.5) is 10.3 Å². The van der Waals surface area contributed by atoms with E-state index in [0.717, 1.165) is 22.4 Å². The summed E-state index contributed by atoms with van der Waals surface area (Å²) in [5, 5.41) is 14.8. The van der Waals surface area contributed by atoms with E-state index in [2.05, 4.69) is 36.8 Å². The number of halogens is 1. The summed E-state index contributed by atoms with van der Waals surface area (Å²) in [6, 6.07) is 3.14. The number of fused-ring (bicyclic) bond motifs is 3. The lowest BCUT2D eigenvalue weighted by Crippen LogP contribution is -2.31. The average Bonchev–Trinajstić information content (AvgIpc) is 3.52. The third-order valence-electron chi connectivity index (χ3n) is 5.59. The molecule has 2 N–H and O–H groups in total. The van der Waals surface area contributed by atoms with Crippen molar-refractivity contribution in [1.82, 2.24) is 29.8 Å². The van der Waals surface area contributed by atoms with Gasteiger partial charge < -0.3 is 20.3 Å².